The second-order valence-corrected chi connectivity index (χ2v) is 7.23. The zero-order valence-electron chi connectivity index (χ0n) is 13.7. The number of ether oxygens (including phenoxy) is 1. The lowest BCUT2D eigenvalue weighted by Crippen LogP contribution is -2.31. The van der Waals surface area contributed by atoms with Gasteiger partial charge in [-0.15, -0.1) is 11.3 Å². The van der Waals surface area contributed by atoms with E-state index >= 15 is 0 Å². The number of thiazole rings is 1. The lowest BCUT2D eigenvalue weighted by Gasteiger charge is -2.18. The van der Waals surface area contributed by atoms with Crippen molar-refractivity contribution in [2.24, 2.45) is 0 Å². The third kappa shape index (κ3) is 3.39. The molecule has 0 atom stereocenters. The fourth-order valence-electron chi connectivity index (χ4n) is 2.42. The molecule has 1 amide bonds. The summed E-state index contributed by atoms with van der Waals surface area (Å²) in [5.74, 6) is 0.397. The lowest BCUT2D eigenvalue weighted by atomic mass is 10.3. The molecule has 24 heavy (non-hydrogen) atoms. The number of hydrogen-bond donors (Lipinski definition) is 0. The Bertz CT molecular complexity index is 887. The van der Waals surface area contributed by atoms with Gasteiger partial charge >= 0.3 is 0 Å². The number of carbonyl (C=O) groups is 1. The maximum atomic E-state index is 12.3. The van der Waals surface area contributed by atoms with E-state index in [-0.39, 0.29) is 12.5 Å². The minimum Gasteiger partial charge on any atom is -0.482 e. The molecule has 0 N–H and O–H groups in total. The van der Waals surface area contributed by atoms with Gasteiger partial charge in [-0.1, -0.05) is 23.7 Å². The van der Waals surface area contributed by atoms with Crippen LogP contribution >= 0.6 is 22.9 Å². The number of aromatic nitrogens is 2. The first-order valence-electron chi connectivity index (χ1n) is 7.51. The topological polar surface area (TPSA) is 46.8 Å². The van der Waals surface area contributed by atoms with Crippen molar-refractivity contribution >= 4 is 33.8 Å². The van der Waals surface area contributed by atoms with E-state index in [2.05, 4.69) is 4.98 Å². The van der Waals surface area contributed by atoms with Gasteiger partial charge in [0.05, 0.1) is 23.0 Å². The number of fused-ring (bicyclic) bond motifs is 1. The fraction of sp³-hybridized carbons (Fsp3) is 0.294. The Labute approximate surface area is 149 Å². The van der Waals surface area contributed by atoms with Crippen molar-refractivity contribution in [2.75, 3.05) is 13.7 Å². The van der Waals surface area contributed by atoms with Gasteiger partial charge in [0.2, 0.25) is 0 Å². The van der Waals surface area contributed by atoms with Gasteiger partial charge < -0.3 is 9.64 Å². The smallest absolute Gasteiger partial charge is 0.260 e. The highest BCUT2D eigenvalue weighted by Gasteiger charge is 2.17. The summed E-state index contributed by atoms with van der Waals surface area (Å²) in [5, 5.41) is 0.495. The summed E-state index contributed by atoms with van der Waals surface area (Å²) in [7, 11) is 1.76. The van der Waals surface area contributed by atoms with E-state index in [1.165, 1.54) is 4.88 Å². The van der Waals surface area contributed by atoms with Crippen molar-refractivity contribution in [3.63, 3.8) is 0 Å². The van der Waals surface area contributed by atoms with Crippen LogP contribution in [-0.4, -0.2) is 33.8 Å². The summed E-state index contributed by atoms with van der Waals surface area (Å²) in [6, 6.07) is 7.12. The van der Waals surface area contributed by atoms with Crippen LogP contribution in [0.5, 0.6) is 5.75 Å². The molecule has 0 saturated heterocycles. The quantitative estimate of drug-likeness (QED) is 0.694. The molecule has 0 unspecified atom stereocenters. The molecule has 0 bridgehead atoms. The van der Waals surface area contributed by atoms with E-state index in [4.69, 9.17) is 16.3 Å². The second kappa shape index (κ2) is 6.83. The Balaban J connectivity index is 1.67. The largest absolute Gasteiger partial charge is 0.482 e. The third-order valence-electron chi connectivity index (χ3n) is 3.74. The van der Waals surface area contributed by atoms with Gasteiger partial charge in [0.15, 0.2) is 11.6 Å². The number of likely N-dealkylation sites (N-methyl/N-ethyl adjacent to an activating group) is 1. The lowest BCUT2D eigenvalue weighted by molar-refractivity contribution is -0.132. The molecule has 2 heterocycles. The summed E-state index contributed by atoms with van der Waals surface area (Å²) in [6.07, 6.45) is 2.05. The van der Waals surface area contributed by atoms with Gasteiger partial charge in [0.1, 0.15) is 5.75 Å². The van der Waals surface area contributed by atoms with E-state index in [1.807, 2.05) is 36.6 Å². The van der Waals surface area contributed by atoms with Crippen LogP contribution in [0.15, 0.2) is 30.5 Å². The molecular weight excluding hydrogens is 346 g/mol. The minimum absolute atomic E-state index is 0.0517. The maximum Gasteiger partial charge on any atom is 0.260 e. The number of benzene rings is 1. The molecule has 1 aromatic carbocycles. The van der Waals surface area contributed by atoms with Crippen molar-refractivity contribution in [3.05, 3.63) is 51.7 Å². The predicted octanol–water partition coefficient (Wildman–Crippen LogP) is 3.70. The van der Waals surface area contributed by atoms with Crippen molar-refractivity contribution in [3.8, 4) is 5.75 Å². The van der Waals surface area contributed by atoms with E-state index in [0.717, 1.165) is 16.3 Å². The SMILES string of the molecule is Cc1cn2c(CN(C)C(=O)COc3ccccc3Cl)c(C)nc2s1. The number of carbonyl (C=O) groups excluding carboxylic acids is 1. The maximum absolute atomic E-state index is 12.3. The van der Waals surface area contributed by atoms with E-state index in [1.54, 1.807) is 35.4 Å². The summed E-state index contributed by atoms with van der Waals surface area (Å²) >= 11 is 7.67. The zero-order chi connectivity index (χ0) is 17.3. The Hall–Kier alpha value is -2.05. The third-order valence-corrected chi connectivity index (χ3v) is 4.95. The minimum atomic E-state index is -0.115. The van der Waals surface area contributed by atoms with Crippen molar-refractivity contribution in [1.82, 2.24) is 14.3 Å². The van der Waals surface area contributed by atoms with E-state index in [0.29, 0.717) is 17.3 Å². The highest BCUT2D eigenvalue weighted by molar-refractivity contribution is 7.17. The van der Waals surface area contributed by atoms with Gasteiger partial charge in [-0.05, 0) is 26.0 Å². The number of aryl methyl sites for hydroxylation is 2. The average molecular weight is 364 g/mol. The molecule has 0 aliphatic carbocycles. The molecule has 5 nitrogen and oxygen atoms in total. The Morgan fingerprint density at radius 3 is 2.88 bits per heavy atom. The summed E-state index contributed by atoms with van der Waals surface area (Å²) in [6.45, 7) is 4.44. The van der Waals surface area contributed by atoms with E-state index < -0.39 is 0 Å². The number of imidazole rings is 1. The number of nitrogens with zero attached hydrogens (tertiary/aromatic N) is 3. The first-order valence-corrected chi connectivity index (χ1v) is 8.70. The fourth-order valence-corrected chi connectivity index (χ4v) is 3.50. The highest BCUT2D eigenvalue weighted by atomic mass is 35.5. The number of rotatable bonds is 5. The molecule has 0 aliphatic rings. The van der Waals surface area contributed by atoms with Gasteiger partial charge in [-0.3, -0.25) is 9.20 Å². The monoisotopic (exact) mass is 363 g/mol. The molecule has 2 aromatic heterocycles. The van der Waals surface area contributed by atoms with Crippen LogP contribution in [0.3, 0.4) is 0 Å². The van der Waals surface area contributed by atoms with Gasteiger partial charge in [-0.2, -0.15) is 0 Å². The van der Waals surface area contributed by atoms with Crippen LogP contribution in [0.2, 0.25) is 5.02 Å². The normalized spacial score (nSPS) is 11.0. The Morgan fingerprint density at radius 2 is 2.12 bits per heavy atom. The van der Waals surface area contributed by atoms with Crippen LogP contribution < -0.4 is 4.74 Å². The van der Waals surface area contributed by atoms with Gasteiger partial charge in [-0.25, -0.2) is 4.98 Å². The molecule has 126 valence electrons. The highest BCUT2D eigenvalue weighted by Crippen LogP contribution is 2.24. The molecule has 0 saturated carbocycles. The molecule has 3 aromatic rings. The van der Waals surface area contributed by atoms with Gasteiger partial charge in [0.25, 0.3) is 5.91 Å². The average Bonchev–Trinajstić information content (AvgIpc) is 3.03. The molecule has 0 radical (unpaired) electrons. The van der Waals surface area contributed by atoms with Crippen LogP contribution in [-0.2, 0) is 11.3 Å². The summed E-state index contributed by atoms with van der Waals surface area (Å²) < 4.78 is 7.57. The van der Waals surface area contributed by atoms with E-state index in [9.17, 15) is 4.79 Å². The zero-order valence-corrected chi connectivity index (χ0v) is 15.3. The van der Waals surface area contributed by atoms with Crippen LogP contribution in [0.1, 0.15) is 16.3 Å². The number of para-hydroxylation sites is 1. The standard InChI is InChI=1S/C17H18ClN3O2S/c1-11-8-21-14(12(2)19-17(21)24-11)9-20(3)16(22)10-23-15-7-5-4-6-13(15)18/h4-8H,9-10H2,1-3H3. The Kier molecular flexibility index (Phi) is 4.78. The Morgan fingerprint density at radius 1 is 1.38 bits per heavy atom. The first-order chi connectivity index (χ1) is 11.5. The molecule has 0 spiro atoms. The van der Waals surface area contributed by atoms with Gasteiger partial charge in [0, 0.05) is 18.1 Å². The second-order valence-electron chi connectivity index (χ2n) is 5.61. The first kappa shape index (κ1) is 16.8. The molecule has 7 heteroatoms. The van der Waals surface area contributed by atoms with Crippen molar-refractivity contribution in [2.45, 2.75) is 20.4 Å². The molecule has 3 rings (SSSR count). The number of hydrogen-bond acceptors (Lipinski definition) is 4. The van der Waals surface area contributed by atoms with Crippen LogP contribution in [0.4, 0.5) is 0 Å². The van der Waals surface area contributed by atoms with Crippen LogP contribution in [0, 0.1) is 13.8 Å². The van der Waals surface area contributed by atoms with Crippen molar-refractivity contribution < 1.29 is 9.53 Å². The molecule has 0 fully saturated rings. The molecule has 0 aliphatic heterocycles. The predicted molar refractivity (Wildman–Crippen MR) is 96.0 cm³/mol. The number of halogens is 1. The number of amides is 1. The summed E-state index contributed by atoms with van der Waals surface area (Å²) in [4.78, 5) is 20.7. The van der Waals surface area contributed by atoms with Crippen molar-refractivity contribution in [1.29, 1.82) is 0 Å². The summed E-state index contributed by atoms with van der Waals surface area (Å²) in [5.41, 5.74) is 1.95. The molecular formula is C17H18ClN3O2S. The van der Waals surface area contributed by atoms with Crippen LogP contribution in [0.25, 0.3) is 4.96 Å².